The molecule has 1 unspecified atom stereocenters. The second kappa shape index (κ2) is 6.99. The first-order valence-corrected chi connectivity index (χ1v) is 3.70. The van der Waals surface area contributed by atoms with Gasteiger partial charge in [0.2, 0.25) is 0 Å². The molecule has 0 aromatic heterocycles. The van der Waals surface area contributed by atoms with Crippen molar-refractivity contribution in [2.75, 3.05) is 6.54 Å². The number of carbonyl (C=O) groups excluding carboxylic acids is 1. The second-order valence-corrected chi connectivity index (χ2v) is 2.37. The predicted molar refractivity (Wildman–Crippen MR) is 40.7 cm³/mol. The largest absolute Gasteiger partial charge is 0.362 e. The summed E-state index contributed by atoms with van der Waals surface area (Å²) in [5.74, 6) is -0.783. The third-order valence-electron chi connectivity index (χ3n) is 1.39. The molecule has 0 aliphatic carbocycles. The van der Waals surface area contributed by atoms with Gasteiger partial charge in [0.1, 0.15) is 6.04 Å². The minimum atomic E-state index is -0.783. The fraction of sp³-hybridized carbons (Fsp3) is 0.833. The maximum atomic E-state index is 10.7. The minimum Gasteiger partial charge on any atom is -0.330 e. The monoisotopic (exact) mass is 178 g/mol. The lowest BCUT2D eigenvalue weighted by Gasteiger charge is -2.06. The highest BCUT2D eigenvalue weighted by atomic mass is 17.5. The average molecular weight is 178 g/mol. The van der Waals surface area contributed by atoms with Crippen LogP contribution in [0, 0.1) is 0 Å². The molecular weight excluding hydrogens is 164 g/mol. The van der Waals surface area contributed by atoms with Gasteiger partial charge in [0, 0.05) is 0 Å². The van der Waals surface area contributed by atoms with Gasteiger partial charge in [-0.15, -0.1) is 0 Å². The summed E-state index contributed by atoms with van der Waals surface area (Å²) in [5, 5.41) is 10.9. The summed E-state index contributed by atoms with van der Waals surface area (Å²) in [6, 6.07) is -0.760. The Hall–Kier alpha value is -0.690. The van der Waals surface area contributed by atoms with E-state index < -0.39 is 12.0 Å². The Kier molecular flexibility index (Phi) is 6.58. The third kappa shape index (κ3) is 5.03. The Morgan fingerprint density at radius 1 is 1.50 bits per heavy atom. The van der Waals surface area contributed by atoms with Crippen molar-refractivity contribution in [3.63, 3.8) is 0 Å². The van der Waals surface area contributed by atoms with E-state index in [-0.39, 0.29) is 0 Å². The second-order valence-electron chi connectivity index (χ2n) is 2.37. The molecule has 0 saturated carbocycles. The molecule has 0 aromatic carbocycles. The smallest absolute Gasteiger partial charge is 0.330 e. The van der Waals surface area contributed by atoms with E-state index in [1.807, 2.05) is 0 Å². The molecule has 0 radical (unpaired) electrons. The van der Waals surface area contributed by atoms with Crippen molar-refractivity contribution in [3.05, 3.63) is 0 Å². The Balaban J connectivity index is 3.42. The molecule has 0 rings (SSSR count). The zero-order chi connectivity index (χ0) is 9.40. The van der Waals surface area contributed by atoms with Crippen LogP contribution in [0.5, 0.6) is 0 Å². The van der Waals surface area contributed by atoms with Gasteiger partial charge in [-0.2, -0.15) is 0 Å². The van der Waals surface area contributed by atoms with Gasteiger partial charge in [-0.1, -0.05) is 6.42 Å². The zero-order valence-electron chi connectivity index (χ0n) is 6.73. The van der Waals surface area contributed by atoms with Crippen LogP contribution in [0.3, 0.4) is 0 Å². The summed E-state index contributed by atoms with van der Waals surface area (Å²) in [4.78, 5) is 14.5. The van der Waals surface area contributed by atoms with Gasteiger partial charge in [-0.05, 0) is 24.4 Å². The van der Waals surface area contributed by atoms with Crippen molar-refractivity contribution in [2.24, 2.45) is 11.5 Å². The van der Waals surface area contributed by atoms with Crippen molar-refractivity contribution in [3.8, 4) is 0 Å². The zero-order valence-corrected chi connectivity index (χ0v) is 6.73. The molecule has 0 aromatic rings. The predicted octanol–water partition coefficient (Wildman–Crippen LogP) is -0.609. The summed E-state index contributed by atoms with van der Waals surface area (Å²) < 4.78 is 0. The van der Waals surface area contributed by atoms with Crippen molar-refractivity contribution in [1.82, 2.24) is 0 Å². The molecule has 0 heterocycles. The molecule has 72 valence electrons. The molecule has 12 heavy (non-hydrogen) atoms. The van der Waals surface area contributed by atoms with Crippen LogP contribution in [-0.4, -0.2) is 23.8 Å². The van der Waals surface area contributed by atoms with Gasteiger partial charge >= 0.3 is 5.97 Å². The molecular formula is C6H14N2O4. The number of nitrogens with two attached hydrogens (primary N) is 2. The highest BCUT2D eigenvalue weighted by Crippen LogP contribution is 1.99. The van der Waals surface area contributed by atoms with E-state index in [0.29, 0.717) is 13.0 Å². The van der Waals surface area contributed by atoms with E-state index in [1.165, 1.54) is 0 Å². The fourth-order valence-corrected chi connectivity index (χ4v) is 0.725. The lowest BCUT2D eigenvalue weighted by molar-refractivity contribution is -0.462. The molecule has 1 atom stereocenters. The lowest BCUT2D eigenvalue weighted by Crippen LogP contribution is -2.32. The molecule has 6 heteroatoms. The van der Waals surface area contributed by atoms with E-state index in [2.05, 4.69) is 9.93 Å². The summed E-state index contributed by atoms with van der Waals surface area (Å²) in [6.45, 7) is 0.568. The molecule has 0 amide bonds. The van der Waals surface area contributed by atoms with Crippen LogP contribution in [0.4, 0.5) is 0 Å². The molecule has 0 fully saturated rings. The Morgan fingerprint density at radius 3 is 2.67 bits per heavy atom. The standard InChI is InChI=1S/C6H14N2O4/c7-4-2-1-3-5(8)6(9)11-12-10/h5,10H,1-4,7-8H2. The van der Waals surface area contributed by atoms with Crippen LogP contribution in [0.25, 0.3) is 0 Å². The van der Waals surface area contributed by atoms with Crippen LogP contribution in [0.15, 0.2) is 0 Å². The highest BCUT2D eigenvalue weighted by Gasteiger charge is 2.15. The molecule has 0 saturated heterocycles. The Labute approximate surface area is 70.3 Å². The van der Waals surface area contributed by atoms with Gasteiger partial charge in [-0.3, -0.25) is 4.89 Å². The van der Waals surface area contributed by atoms with E-state index in [1.54, 1.807) is 0 Å². The Morgan fingerprint density at radius 2 is 2.17 bits per heavy atom. The van der Waals surface area contributed by atoms with Gasteiger partial charge in [0.25, 0.3) is 0 Å². The number of rotatable bonds is 6. The quantitative estimate of drug-likeness (QED) is 0.284. The topological polar surface area (TPSA) is 108 Å². The first kappa shape index (κ1) is 11.3. The first-order chi connectivity index (χ1) is 5.72. The molecule has 0 bridgehead atoms. The van der Waals surface area contributed by atoms with Crippen molar-refractivity contribution < 1.29 is 20.0 Å². The summed E-state index contributed by atoms with van der Waals surface area (Å²) in [5.41, 5.74) is 10.6. The maximum absolute atomic E-state index is 10.7. The van der Waals surface area contributed by atoms with E-state index in [0.717, 1.165) is 12.8 Å². The van der Waals surface area contributed by atoms with Gasteiger partial charge < -0.3 is 11.5 Å². The first-order valence-electron chi connectivity index (χ1n) is 3.70. The van der Waals surface area contributed by atoms with Crippen LogP contribution in [0.1, 0.15) is 19.3 Å². The third-order valence-corrected chi connectivity index (χ3v) is 1.39. The van der Waals surface area contributed by atoms with Crippen LogP contribution in [0.2, 0.25) is 0 Å². The molecule has 0 spiro atoms. The molecule has 0 aliphatic heterocycles. The number of hydrogen-bond donors (Lipinski definition) is 3. The SMILES string of the molecule is NCCCCC(N)C(=O)OOO. The van der Waals surface area contributed by atoms with Gasteiger partial charge in [-0.25, -0.2) is 10.1 Å². The lowest BCUT2D eigenvalue weighted by atomic mass is 10.1. The van der Waals surface area contributed by atoms with E-state index in [4.69, 9.17) is 16.7 Å². The number of carbonyl (C=O) groups is 1. The molecule has 5 N–H and O–H groups in total. The highest BCUT2D eigenvalue weighted by molar-refractivity contribution is 5.74. The molecule has 6 nitrogen and oxygen atoms in total. The van der Waals surface area contributed by atoms with Gasteiger partial charge in [0.05, 0.1) is 0 Å². The summed E-state index contributed by atoms with van der Waals surface area (Å²) in [7, 11) is 0. The number of unbranched alkanes of at least 4 members (excludes halogenated alkanes) is 1. The average Bonchev–Trinajstić information content (AvgIpc) is 2.05. The Bertz CT molecular complexity index is 131. The summed E-state index contributed by atoms with van der Waals surface area (Å²) in [6.07, 6.45) is 2.03. The van der Waals surface area contributed by atoms with Crippen LogP contribution in [-0.2, 0) is 14.7 Å². The maximum Gasteiger partial charge on any atom is 0.362 e. The van der Waals surface area contributed by atoms with Crippen molar-refractivity contribution >= 4 is 5.97 Å². The van der Waals surface area contributed by atoms with Crippen molar-refractivity contribution in [1.29, 1.82) is 0 Å². The van der Waals surface area contributed by atoms with Crippen molar-refractivity contribution in [2.45, 2.75) is 25.3 Å². The van der Waals surface area contributed by atoms with Crippen LogP contribution < -0.4 is 11.5 Å². The summed E-state index contributed by atoms with van der Waals surface area (Å²) >= 11 is 0. The van der Waals surface area contributed by atoms with E-state index in [9.17, 15) is 4.79 Å². The minimum absolute atomic E-state index is 0.472. The molecule has 0 aliphatic rings. The van der Waals surface area contributed by atoms with Gasteiger partial charge in [0.15, 0.2) is 0 Å². The normalized spacial score (nSPS) is 12.6. The van der Waals surface area contributed by atoms with E-state index >= 15 is 0 Å². The van der Waals surface area contributed by atoms with Crippen LogP contribution >= 0.6 is 0 Å². The fourth-order valence-electron chi connectivity index (χ4n) is 0.725. The number of hydrogen-bond acceptors (Lipinski definition) is 6.